The molecule has 106 valence electrons. The van der Waals surface area contributed by atoms with Crippen molar-refractivity contribution in [1.29, 1.82) is 0 Å². The lowest BCUT2D eigenvalue weighted by molar-refractivity contribution is 0.281. The number of hydrogen-bond acceptors (Lipinski definition) is 5. The molecule has 1 aromatic rings. The summed E-state index contributed by atoms with van der Waals surface area (Å²) in [5.41, 5.74) is 0. The highest BCUT2D eigenvalue weighted by Gasteiger charge is 2.32. The zero-order chi connectivity index (χ0) is 13.4. The summed E-state index contributed by atoms with van der Waals surface area (Å²) in [6, 6.07) is 1.84. The van der Waals surface area contributed by atoms with Gasteiger partial charge in [-0.3, -0.25) is 0 Å². The van der Waals surface area contributed by atoms with Crippen LogP contribution in [0.5, 0.6) is 0 Å². The maximum atomic E-state index is 5.81. The number of piperidine rings is 1. The first-order valence-electron chi connectivity index (χ1n) is 7.46. The first-order valence-corrected chi connectivity index (χ1v) is 7.46. The summed E-state index contributed by atoms with van der Waals surface area (Å²) in [6.07, 6.45) is 3.83. The van der Waals surface area contributed by atoms with Crippen LogP contribution in [0.15, 0.2) is 4.42 Å². The third kappa shape index (κ3) is 2.91. The Hall–Kier alpha value is -1.10. The number of rotatable bonds is 4. The van der Waals surface area contributed by atoms with E-state index in [1.165, 1.54) is 19.3 Å². The molecule has 0 amide bonds. The predicted molar refractivity (Wildman–Crippen MR) is 73.9 cm³/mol. The molecular formula is C14H24N4O. The maximum Gasteiger partial charge on any atom is 0.318 e. The molecule has 5 heteroatoms. The molecule has 1 saturated carbocycles. The molecule has 2 fully saturated rings. The Labute approximate surface area is 114 Å². The highest BCUT2D eigenvalue weighted by Crippen LogP contribution is 2.30. The fraction of sp³-hybridized carbons (Fsp3) is 0.857. The van der Waals surface area contributed by atoms with E-state index in [1.807, 2.05) is 0 Å². The van der Waals surface area contributed by atoms with Crippen molar-refractivity contribution in [2.75, 3.05) is 11.4 Å². The molecule has 5 nitrogen and oxygen atoms in total. The topological polar surface area (TPSA) is 54.2 Å². The van der Waals surface area contributed by atoms with Gasteiger partial charge in [0.1, 0.15) is 0 Å². The van der Waals surface area contributed by atoms with Crippen molar-refractivity contribution in [2.24, 2.45) is 11.8 Å². The minimum Gasteiger partial charge on any atom is -0.407 e. The van der Waals surface area contributed by atoms with Crippen LogP contribution in [0.1, 0.15) is 45.9 Å². The zero-order valence-electron chi connectivity index (χ0n) is 12.1. The van der Waals surface area contributed by atoms with Gasteiger partial charge in [0.15, 0.2) is 0 Å². The van der Waals surface area contributed by atoms with Gasteiger partial charge >= 0.3 is 6.01 Å². The van der Waals surface area contributed by atoms with Crippen LogP contribution in [0.25, 0.3) is 0 Å². The molecule has 3 rings (SSSR count). The van der Waals surface area contributed by atoms with Crippen molar-refractivity contribution in [3.05, 3.63) is 5.89 Å². The number of anilines is 1. The summed E-state index contributed by atoms with van der Waals surface area (Å²) in [4.78, 5) is 2.27. The van der Waals surface area contributed by atoms with E-state index >= 15 is 0 Å². The molecule has 1 saturated heterocycles. The fourth-order valence-corrected chi connectivity index (χ4v) is 2.92. The lowest BCUT2D eigenvalue weighted by Gasteiger charge is -2.39. The Kier molecular flexibility index (Phi) is 3.48. The quantitative estimate of drug-likeness (QED) is 0.903. The molecule has 2 aliphatic rings. The van der Waals surface area contributed by atoms with Crippen LogP contribution >= 0.6 is 0 Å². The third-order valence-corrected chi connectivity index (χ3v) is 4.42. The number of nitrogens with zero attached hydrogens (tertiary/aromatic N) is 3. The molecule has 0 radical (unpaired) electrons. The molecular weight excluding hydrogens is 240 g/mol. The summed E-state index contributed by atoms with van der Waals surface area (Å²) in [5, 5.41) is 11.8. The second-order valence-corrected chi connectivity index (χ2v) is 6.34. The Balaban J connectivity index is 1.66. The Morgan fingerprint density at radius 1 is 1.26 bits per heavy atom. The molecule has 0 aromatic carbocycles. The van der Waals surface area contributed by atoms with E-state index in [4.69, 9.17) is 4.42 Å². The minimum absolute atomic E-state index is 0.473. The first kappa shape index (κ1) is 12.9. The summed E-state index contributed by atoms with van der Waals surface area (Å²) >= 11 is 0. The van der Waals surface area contributed by atoms with Crippen LogP contribution in [0.3, 0.4) is 0 Å². The van der Waals surface area contributed by atoms with E-state index in [-0.39, 0.29) is 0 Å². The smallest absolute Gasteiger partial charge is 0.318 e. The van der Waals surface area contributed by atoms with Crippen LogP contribution in [0.2, 0.25) is 0 Å². The van der Waals surface area contributed by atoms with Gasteiger partial charge in [-0.15, -0.1) is 5.10 Å². The fourth-order valence-electron chi connectivity index (χ4n) is 2.92. The van der Waals surface area contributed by atoms with Crippen LogP contribution in [0.4, 0.5) is 6.01 Å². The normalized spacial score (nSPS) is 31.7. The van der Waals surface area contributed by atoms with Crippen molar-refractivity contribution >= 4 is 6.01 Å². The van der Waals surface area contributed by atoms with Gasteiger partial charge in [-0.2, -0.15) is 0 Å². The molecule has 1 aliphatic carbocycles. The molecule has 0 bridgehead atoms. The molecule has 1 aliphatic heterocycles. The largest absolute Gasteiger partial charge is 0.407 e. The molecule has 0 spiro atoms. The van der Waals surface area contributed by atoms with Crippen LogP contribution in [-0.4, -0.2) is 28.8 Å². The Morgan fingerprint density at radius 2 is 2.05 bits per heavy atom. The van der Waals surface area contributed by atoms with Crippen molar-refractivity contribution in [3.63, 3.8) is 0 Å². The van der Waals surface area contributed by atoms with Crippen LogP contribution in [-0.2, 0) is 6.54 Å². The molecule has 3 unspecified atom stereocenters. The minimum atomic E-state index is 0.473. The van der Waals surface area contributed by atoms with Gasteiger partial charge in [-0.05, 0) is 38.0 Å². The van der Waals surface area contributed by atoms with E-state index in [2.05, 4.69) is 41.2 Å². The molecule has 3 atom stereocenters. The summed E-state index contributed by atoms with van der Waals surface area (Å²) < 4.78 is 5.81. The molecule has 1 aromatic heterocycles. The van der Waals surface area contributed by atoms with Gasteiger partial charge in [0.2, 0.25) is 5.89 Å². The van der Waals surface area contributed by atoms with Crippen molar-refractivity contribution < 1.29 is 4.42 Å². The highest BCUT2D eigenvalue weighted by atomic mass is 16.4. The van der Waals surface area contributed by atoms with Crippen molar-refractivity contribution in [1.82, 2.24) is 15.5 Å². The van der Waals surface area contributed by atoms with Gasteiger partial charge in [0.05, 0.1) is 6.54 Å². The second-order valence-electron chi connectivity index (χ2n) is 6.34. The van der Waals surface area contributed by atoms with Gasteiger partial charge in [-0.25, -0.2) is 0 Å². The third-order valence-electron chi connectivity index (χ3n) is 4.42. The standard InChI is InChI=1S/C14H24N4O/c1-9-6-10(2)11(3)18(8-9)14-17-16-13(19-14)7-15-12-4-5-12/h9-12,15H,4-8H2,1-3H3. The highest BCUT2D eigenvalue weighted by molar-refractivity contribution is 5.28. The number of aromatic nitrogens is 2. The first-order chi connectivity index (χ1) is 9.13. The second kappa shape index (κ2) is 5.12. The van der Waals surface area contributed by atoms with E-state index in [0.717, 1.165) is 6.54 Å². The SMILES string of the molecule is CC1CC(C)C(C)N(c2nnc(CNC3CC3)o2)C1. The maximum absolute atomic E-state index is 5.81. The Bertz CT molecular complexity index is 429. The predicted octanol–water partition coefficient (Wildman–Crippen LogP) is 2.19. The summed E-state index contributed by atoms with van der Waals surface area (Å²) in [7, 11) is 0. The van der Waals surface area contributed by atoms with Crippen molar-refractivity contribution in [3.8, 4) is 0 Å². The van der Waals surface area contributed by atoms with E-state index in [9.17, 15) is 0 Å². The summed E-state index contributed by atoms with van der Waals surface area (Å²) in [6.45, 7) is 8.57. The van der Waals surface area contributed by atoms with E-state index in [0.29, 0.717) is 42.4 Å². The average molecular weight is 264 g/mol. The zero-order valence-corrected chi connectivity index (χ0v) is 12.1. The lowest BCUT2D eigenvalue weighted by atomic mass is 9.86. The van der Waals surface area contributed by atoms with Gasteiger partial charge in [-0.1, -0.05) is 18.9 Å². The van der Waals surface area contributed by atoms with Crippen LogP contribution in [0, 0.1) is 11.8 Å². The van der Waals surface area contributed by atoms with Crippen LogP contribution < -0.4 is 10.2 Å². The van der Waals surface area contributed by atoms with Crippen molar-refractivity contribution in [2.45, 2.75) is 58.7 Å². The van der Waals surface area contributed by atoms with Gasteiger partial charge in [0.25, 0.3) is 0 Å². The van der Waals surface area contributed by atoms with Gasteiger partial charge in [0, 0.05) is 18.6 Å². The number of nitrogens with one attached hydrogen (secondary N) is 1. The molecule has 19 heavy (non-hydrogen) atoms. The molecule has 2 heterocycles. The average Bonchev–Trinajstić information content (AvgIpc) is 3.09. The molecule has 1 N–H and O–H groups in total. The van der Waals surface area contributed by atoms with E-state index < -0.39 is 0 Å². The number of hydrogen-bond donors (Lipinski definition) is 1. The van der Waals surface area contributed by atoms with Gasteiger partial charge < -0.3 is 14.6 Å². The van der Waals surface area contributed by atoms with E-state index in [1.54, 1.807) is 0 Å². The Morgan fingerprint density at radius 3 is 2.79 bits per heavy atom. The summed E-state index contributed by atoms with van der Waals surface area (Å²) in [5.74, 6) is 2.06. The lowest BCUT2D eigenvalue weighted by Crippen LogP contribution is -2.46. The monoisotopic (exact) mass is 264 g/mol.